The van der Waals surface area contributed by atoms with E-state index in [4.69, 9.17) is 5.73 Å². The van der Waals surface area contributed by atoms with Crippen molar-refractivity contribution in [1.29, 1.82) is 0 Å². The lowest BCUT2D eigenvalue weighted by Crippen LogP contribution is -2.05. The van der Waals surface area contributed by atoms with Crippen molar-refractivity contribution < 1.29 is 0 Å². The maximum absolute atomic E-state index is 6.00. The molecule has 1 aliphatic carbocycles. The predicted molar refractivity (Wildman–Crippen MR) is 62.3 cm³/mol. The van der Waals surface area contributed by atoms with Gasteiger partial charge in [0, 0.05) is 0 Å². The van der Waals surface area contributed by atoms with E-state index in [2.05, 4.69) is 21.3 Å². The molecule has 3 heteroatoms. The lowest BCUT2D eigenvalue weighted by Gasteiger charge is -2.21. The van der Waals surface area contributed by atoms with E-state index in [0.29, 0.717) is 0 Å². The van der Waals surface area contributed by atoms with Crippen LogP contribution in [-0.4, -0.2) is 0 Å². The van der Waals surface area contributed by atoms with E-state index in [-0.39, 0.29) is 0 Å². The molecule has 0 aromatic carbocycles. The second-order valence-corrected chi connectivity index (χ2v) is 5.91. The van der Waals surface area contributed by atoms with Gasteiger partial charge in [-0.05, 0) is 45.6 Å². The van der Waals surface area contributed by atoms with Gasteiger partial charge in [0.25, 0.3) is 0 Å². The third-order valence-corrected chi connectivity index (χ3v) is 4.64. The lowest BCUT2D eigenvalue weighted by molar-refractivity contribution is 0.445. The minimum absolute atomic E-state index is 0.733. The first-order chi connectivity index (χ1) is 6.29. The Hall–Kier alpha value is -0.0200. The molecule has 0 aliphatic heterocycles. The van der Waals surface area contributed by atoms with Crippen LogP contribution in [0.5, 0.6) is 0 Å². The van der Waals surface area contributed by atoms with Crippen LogP contribution < -0.4 is 5.73 Å². The van der Waals surface area contributed by atoms with Crippen LogP contribution in [0.15, 0.2) is 9.17 Å². The molecule has 1 saturated carbocycles. The van der Waals surface area contributed by atoms with Gasteiger partial charge in [-0.25, -0.2) is 0 Å². The largest absolute Gasteiger partial charge is 0.397 e. The monoisotopic (exact) mass is 259 g/mol. The summed E-state index contributed by atoms with van der Waals surface area (Å²) < 4.78 is 1.10. The van der Waals surface area contributed by atoms with E-state index in [9.17, 15) is 0 Å². The molecule has 0 bridgehead atoms. The van der Waals surface area contributed by atoms with Crippen LogP contribution in [0.4, 0.5) is 5.69 Å². The predicted octanol–water partition coefficient (Wildman–Crippen LogP) is 4.14. The third kappa shape index (κ3) is 1.91. The number of nitrogen functional groups attached to an aromatic ring is 1. The summed E-state index contributed by atoms with van der Waals surface area (Å²) in [5, 5.41) is 2.22. The fourth-order valence-corrected chi connectivity index (χ4v) is 3.39. The van der Waals surface area contributed by atoms with Crippen LogP contribution >= 0.6 is 27.3 Å². The standard InChI is InChI=1S/C10H14BrNS/c11-10-9(12)8(6-13-10)7-4-2-1-3-5-7/h6-7H,1-5,12H2. The summed E-state index contributed by atoms with van der Waals surface area (Å²) in [7, 11) is 0. The van der Waals surface area contributed by atoms with Crippen molar-refractivity contribution in [3.8, 4) is 0 Å². The van der Waals surface area contributed by atoms with Gasteiger partial charge in [0.05, 0.1) is 9.47 Å². The Bertz CT molecular complexity index is 289. The van der Waals surface area contributed by atoms with Gasteiger partial charge < -0.3 is 5.73 Å². The second kappa shape index (κ2) is 4.01. The van der Waals surface area contributed by atoms with Crippen molar-refractivity contribution in [1.82, 2.24) is 0 Å². The molecule has 1 nitrogen and oxygen atoms in total. The molecule has 0 atom stereocenters. The summed E-state index contributed by atoms with van der Waals surface area (Å²) >= 11 is 5.19. The summed E-state index contributed by atoms with van der Waals surface area (Å²) in [5.74, 6) is 0.733. The highest BCUT2D eigenvalue weighted by Gasteiger charge is 2.19. The number of halogens is 1. The summed E-state index contributed by atoms with van der Waals surface area (Å²) in [6.07, 6.45) is 6.80. The topological polar surface area (TPSA) is 26.0 Å². The van der Waals surface area contributed by atoms with E-state index in [1.54, 1.807) is 11.3 Å². The SMILES string of the molecule is Nc1c(C2CCCCC2)csc1Br. The van der Waals surface area contributed by atoms with Gasteiger partial charge in [-0.1, -0.05) is 19.3 Å². The maximum Gasteiger partial charge on any atom is 0.0930 e. The van der Waals surface area contributed by atoms with Crippen molar-refractivity contribution >= 4 is 33.0 Å². The van der Waals surface area contributed by atoms with Crippen molar-refractivity contribution in [3.63, 3.8) is 0 Å². The average molecular weight is 260 g/mol. The average Bonchev–Trinajstić information content (AvgIpc) is 2.49. The summed E-state index contributed by atoms with van der Waals surface area (Å²) in [6, 6.07) is 0. The zero-order chi connectivity index (χ0) is 9.26. The van der Waals surface area contributed by atoms with E-state index >= 15 is 0 Å². The number of nitrogens with two attached hydrogens (primary N) is 1. The Balaban J connectivity index is 2.18. The molecule has 1 aromatic rings. The Morgan fingerprint density at radius 1 is 1.31 bits per heavy atom. The molecule has 1 aliphatic rings. The number of rotatable bonds is 1. The molecule has 13 heavy (non-hydrogen) atoms. The summed E-state index contributed by atoms with van der Waals surface area (Å²) in [6.45, 7) is 0. The second-order valence-electron chi connectivity index (χ2n) is 3.71. The quantitative estimate of drug-likeness (QED) is 0.806. The van der Waals surface area contributed by atoms with Gasteiger partial charge in [0.1, 0.15) is 0 Å². The molecular weight excluding hydrogens is 246 g/mol. The van der Waals surface area contributed by atoms with Crippen LogP contribution in [-0.2, 0) is 0 Å². The third-order valence-electron chi connectivity index (χ3n) is 2.86. The minimum Gasteiger partial charge on any atom is -0.397 e. The number of thiophene rings is 1. The zero-order valence-corrected chi connectivity index (χ0v) is 9.96. The Morgan fingerprint density at radius 3 is 2.54 bits per heavy atom. The highest BCUT2D eigenvalue weighted by atomic mass is 79.9. The van der Waals surface area contributed by atoms with Crippen LogP contribution in [0.2, 0.25) is 0 Å². The molecule has 1 fully saturated rings. The van der Waals surface area contributed by atoms with Gasteiger partial charge in [0.15, 0.2) is 0 Å². The molecule has 2 rings (SSSR count). The highest BCUT2D eigenvalue weighted by molar-refractivity contribution is 9.11. The number of hydrogen-bond donors (Lipinski definition) is 1. The molecule has 72 valence electrons. The maximum atomic E-state index is 6.00. The fourth-order valence-electron chi connectivity index (χ4n) is 2.09. The van der Waals surface area contributed by atoms with Gasteiger partial charge in [0.2, 0.25) is 0 Å². The van der Waals surface area contributed by atoms with Crippen LogP contribution in [0.3, 0.4) is 0 Å². The Kier molecular flexibility index (Phi) is 2.94. The molecule has 1 heterocycles. The van der Waals surface area contributed by atoms with Crippen LogP contribution in [0.1, 0.15) is 43.6 Å². The van der Waals surface area contributed by atoms with Crippen LogP contribution in [0, 0.1) is 0 Å². The molecule has 2 N–H and O–H groups in total. The molecular formula is C10H14BrNS. The van der Waals surface area contributed by atoms with Gasteiger partial charge in [-0.15, -0.1) is 11.3 Å². The first-order valence-corrected chi connectivity index (χ1v) is 6.48. The van der Waals surface area contributed by atoms with Crippen molar-refractivity contribution in [2.45, 2.75) is 38.0 Å². The van der Waals surface area contributed by atoms with Gasteiger partial charge >= 0.3 is 0 Å². The number of anilines is 1. The molecule has 1 aromatic heterocycles. The minimum atomic E-state index is 0.733. The van der Waals surface area contributed by atoms with Gasteiger partial charge in [-0.2, -0.15) is 0 Å². The smallest absolute Gasteiger partial charge is 0.0930 e. The van der Waals surface area contributed by atoms with Crippen molar-refractivity contribution in [3.05, 3.63) is 14.7 Å². The van der Waals surface area contributed by atoms with Gasteiger partial charge in [-0.3, -0.25) is 0 Å². The van der Waals surface area contributed by atoms with Crippen molar-refractivity contribution in [2.75, 3.05) is 5.73 Å². The first-order valence-electron chi connectivity index (χ1n) is 4.81. The van der Waals surface area contributed by atoms with Crippen molar-refractivity contribution in [2.24, 2.45) is 0 Å². The van der Waals surface area contributed by atoms with Crippen LogP contribution in [0.25, 0.3) is 0 Å². The Morgan fingerprint density at radius 2 is 2.00 bits per heavy atom. The van der Waals surface area contributed by atoms with E-state index in [1.807, 2.05) is 0 Å². The molecule has 0 unspecified atom stereocenters. The normalized spacial score (nSPS) is 19.2. The van der Waals surface area contributed by atoms with E-state index in [1.165, 1.54) is 37.7 Å². The molecule has 0 radical (unpaired) electrons. The first kappa shape index (κ1) is 9.53. The summed E-state index contributed by atoms with van der Waals surface area (Å²) in [4.78, 5) is 0. The van der Waals surface area contributed by atoms with E-state index < -0.39 is 0 Å². The summed E-state index contributed by atoms with van der Waals surface area (Å²) in [5.41, 5.74) is 8.37. The molecule has 0 saturated heterocycles. The Labute approximate surface area is 91.5 Å². The highest BCUT2D eigenvalue weighted by Crippen LogP contribution is 2.41. The zero-order valence-electron chi connectivity index (χ0n) is 7.55. The lowest BCUT2D eigenvalue weighted by atomic mass is 9.85. The number of hydrogen-bond acceptors (Lipinski definition) is 2. The molecule has 0 amide bonds. The fraction of sp³-hybridized carbons (Fsp3) is 0.600. The van der Waals surface area contributed by atoms with E-state index in [0.717, 1.165) is 15.4 Å². The molecule has 0 spiro atoms.